The van der Waals surface area contributed by atoms with E-state index < -0.39 is 0 Å². The summed E-state index contributed by atoms with van der Waals surface area (Å²) in [6, 6.07) is 7.67. The zero-order valence-corrected chi connectivity index (χ0v) is 11.2. The van der Waals surface area contributed by atoms with E-state index in [4.69, 9.17) is 17.0 Å². The van der Waals surface area contributed by atoms with Crippen LogP contribution in [0, 0.1) is 0 Å². The predicted octanol–water partition coefficient (Wildman–Crippen LogP) is 2.07. The quantitative estimate of drug-likeness (QED) is 0.357. The largest absolute Gasteiger partial charge is 0.494 e. The highest BCUT2D eigenvalue weighted by molar-refractivity contribution is 7.80. The minimum absolute atomic E-state index is 0.465. The van der Waals surface area contributed by atoms with Crippen molar-refractivity contribution in [2.45, 2.75) is 6.92 Å². The van der Waals surface area contributed by atoms with Gasteiger partial charge in [-0.2, -0.15) is 5.10 Å². The number of ether oxygens (including phenoxy) is 1. The van der Waals surface area contributed by atoms with Gasteiger partial charge < -0.3 is 10.1 Å². The molecule has 0 aromatic heterocycles. The molecule has 0 aliphatic carbocycles. The van der Waals surface area contributed by atoms with Crippen molar-refractivity contribution in [2.24, 2.45) is 5.10 Å². The molecular weight excluding hydrogens is 246 g/mol. The van der Waals surface area contributed by atoms with E-state index in [2.05, 4.69) is 22.4 Å². The van der Waals surface area contributed by atoms with E-state index in [9.17, 15) is 0 Å². The molecule has 0 heterocycles. The fraction of sp³-hybridized carbons (Fsp3) is 0.231. The van der Waals surface area contributed by atoms with Crippen LogP contribution in [0.3, 0.4) is 0 Å². The molecule has 0 unspecified atom stereocenters. The van der Waals surface area contributed by atoms with Gasteiger partial charge in [-0.1, -0.05) is 18.2 Å². The molecular formula is C13H17N3OS. The summed E-state index contributed by atoms with van der Waals surface area (Å²) in [5, 5.41) is 7.41. The van der Waals surface area contributed by atoms with Crippen LogP contribution in [0.2, 0.25) is 0 Å². The number of nitrogens with one attached hydrogen (secondary N) is 2. The molecule has 0 saturated heterocycles. The summed E-state index contributed by atoms with van der Waals surface area (Å²) in [7, 11) is 0. The smallest absolute Gasteiger partial charge is 0.187 e. The van der Waals surface area contributed by atoms with E-state index >= 15 is 0 Å². The second-order valence-corrected chi connectivity index (χ2v) is 3.78. The van der Waals surface area contributed by atoms with E-state index in [1.54, 1.807) is 12.3 Å². The van der Waals surface area contributed by atoms with Crippen LogP contribution in [-0.2, 0) is 0 Å². The Hall–Kier alpha value is -1.88. The van der Waals surface area contributed by atoms with Gasteiger partial charge in [0.05, 0.1) is 12.8 Å². The zero-order chi connectivity index (χ0) is 13.2. The van der Waals surface area contributed by atoms with Crippen molar-refractivity contribution in [1.29, 1.82) is 0 Å². The third-order valence-electron chi connectivity index (χ3n) is 1.96. The lowest BCUT2D eigenvalue weighted by atomic mass is 10.2. The maximum Gasteiger partial charge on any atom is 0.187 e. The molecule has 0 fully saturated rings. The molecule has 0 aliphatic heterocycles. The number of thiocarbonyl (C=S) groups is 1. The lowest BCUT2D eigenvalue weighted by molar-refractivity contribution is 0.340. The summed E-state index contributed by atoms with van der Waals surface area (Å²) in [4.78, 5) is 0. The number of hydrogen-bond donors (Lipinski definition) is 2. The van der Waals surface area contributed by atoms with E-state index in [0.717, 1.165) is 11.3 Å². The summed E-state index contributed by atoms with van der Waals surface area (Å²) in [5.74, 6) is 0.828. The molecule has 0 saturated carbocycles. The van der Waals surface area contributed by atoms with Gasteiger partial charge in [0.15, 0.2) is 5.11 Å². The van der Waals surface area contributed by atoms with Gasteiger partial charge in [0.1, 0.15) is 5.75 Å². The molecule has 0 aliphatic rings. The van der Waals surface area contributed by atoms with Gasteiger partial charge in [0.25, 0.3) is 0 Å². The first-order valence-electron chi connectivity index (χ1n) is 5.67. The van der Waals surface area contributed by atoms with Crippen LogP contribution in [0.15, 0.2) is 42.0 Å². The number of hydrogen-bond acceptors (Lipinski definition) is 3. The Labute approximate surface area is 113 Å². The highest BCUT2D eigenvalue weighted by atomic mass is 32.1. The van der Waals surface area contributed by atoms with E-state index in [0.29, 0.717) is 18.3 Å². The highest BCUT2D eigenvalue weighted by Crippen LogP contribution is 2.11. The van der Waals surface area contributed by atoms with Crippen molar-refractivity contribution in [2.75, 3.05) is 13.2 Å². The average molecular weight is 263 g/mol. The fourth-order valence-corrected chi connectivity index (χ4v) is 1.36. The van der Waals surface area contributed by atoms with Crippen LogP contribution >= 0.6 is 12.2 Å². The monoisotopic (exact) mass is 263 g/mol. The van der Waals surface area contributed by atoms with Crippen molar-refractivity contribution in [3.63, 3.8) is 0 Å². The molecule has 96 valence electrons. The van der Waals surface area contributed by atoms with Gasteiger partial charge in [-0.3, -0.25) is 5.43 Å². The van der Waals surface area contributed by atoms with Gasteiger partial charge >= 0.3 is 0 Å². The van der Waals surface area contributed by atoms with Crippen molar-refractivity contribution in [3.05, 3.63) is 42.5 Å². The molecule has 0 bridgehead atoms. The Morgan fingerprint density at radius 2 is 2.39 bits per heavy atom. The third-order valence-corrected chi connectivity index (χ3v) is 2.19. The van der Waals surface area contributed by atoms with Gasteiger partial charge in [0, 0.05) is 6.54 Å². The third kappa shape index (κ3) is 5.45. The molecule has 5 heteroatoms. The normalized spacial score (nSPS) is 10.1. The summed E-state index contributed by atoms with van der Waals surface area (Å²) >= 11 is 4.99. The Kier molecular flexibility index (Phi) is 6.50. The van der Waals surface area contributed by atoms with Crippen molar-refractivity contribution in [1.82, 2.24) is 10.7 Å². The molecule has 2 N–H and O–H groups in total. The second kappa shape index (κ2) is 8.25. The minimum atomic E-state index is 0.465. The van der Waals surface area contributed by atoms with Crippen LogP contribution in [0.5, 0.6) is 5.75 Å². The van der Waals surface area contributed by atoms with Gasteiger partial charge in [-0.15, -0.1) is 6.58 Å². The Balaban J connectivity index is 2.48. The number of hydrazone groups is 1. The maximum atomic E-state index is 5.40. The molecule has 1 aromatic carbocycles. The first-order valence-corrected chi connectivity index (χ1v) is 6.07. The van der Waals surface area contributed by atoms with Crippen molar-refractivity contribution >= 4 is 23.5 Å². The lowest BCUT2D eigenvalue weighted by Crippen LogP contribution is -2.31. The standard InChI is InChI=1S/C13H17N3OS/c1-3-8-14-13(18)16-15-10-11-6-5-7-12(9-11)17-4-2/h3,5-7,9-10H,1,4,8H2,2H3,(H2,14,16,18)/b15-10+. The van der Waals surface area contributed by atoms with E-state index in [-0.39, 0.29) is 0 Å². The minimum Gasteiger partial charge on any atom is -0.494 e. The maximum absolute atomic E-state index is 5.40. The Bertz CT molecular complexity index is 432. The molecule has 1 aromatic rings. The highest BCUT2D eigenvalue weighted by Gasteiger charge is 1.93. The van der Waals surface area contributed by atoms with Gasteiger partial charge in [0.2, 0.25) is 0 Å². The molecule has 0 spiro atoms. The van der Waals surface area contributed by atoms with Crippen LogP contribution in [0.4, 0.5) is 0 Å². The van der Waals surface area contributed by atoms with Crippen LogP contribution < -0.4 is 15.5 Å². The van der Waals surface area contributed by atoms with E-state index in [1.165, 1.54) is 0 Å². The summed E-state index contributed by atoms with van der Waals surface area (Å²) < 4.78 is 5.40. The molecule has 4 nitrogen and oxygen atoms in total. The number of benzene rings is 1. The topological polar surface area (TPSA) is 45.7 Å². The number of nitrogens with zero attached hydrogens (tertiary/aromatic N) is 1. The second-order valence-electron chi connectivity index (χ2n) is 3.37. The molecule has 1 rings (SSSR count). The molecule has 0 atom stereocenters. The average Bonchev–Trinajstić information content (AvgIpc) is 2.37. The Morgan fingerprint density at radius 1 is 1.56 bits per heavy atom. The Morgan fingerprint density at radius 3 is 3.11 bits per heavy atom. The summed E-state index contributed by atoms with van der Waals surface area (Å²) in [6.07, 6.45) is 3.41. The van der Waals surface area contributed by atoms with Crippen LogP contribution in [0.25, 0.3) is 0 Å². The van der Waals surface area contributed by atoms with Crippen molar-refractivity contribution < 1.29 is 4.74 Å². The fourth-order valence-electron chi connectivity index (χ4n) is 1.22. The van der Waals surface area contributed by atoms with Crippen LogP contribution in [-0.4, -0.2) is 24.5 Å². The van der Waals surface area contributed by atoms with Crippen LogP contribution in [0.1, 0.15) is 12.5 Å². The zero-order valence-electron chi connectivity index (χ0n) is 10.3. The first kappa shape index (κ1) is 14.2. The SMILES string of the molecule is C=CCNC(=S)N/N=C/c1cccc(OCC)c1. The lowest BCUT2D eigenvalue weighted by Gasteiger charge is -2.04. The van der Waals surface area contributed by atoms with Gasteiger partial charge in [-0.25, -0.2) is 0 Å². The number of rotatable bonds is 6. The summed E-state index contributed by atoms with van der Waals surface area (Å²) in [5.41, 5.74) is 3.66. The molecule has 0 amide bonds. The summed E-state index contributed by atoms with van der Waals surface area (Å²) in [6.45, 7) is 6.80. The van der Waals surface area contributed by atoms with Crippen molar-refractivity contribution in [3.8, 4) is 5.75 Å². The predicted molar refractivity (Wildman–Crippen MR) is 79.1 cm³/mol. The van der Waals surface area contributed by atoms with Gasteiger partial charge in [-0.05, 0) is 36.8 Å². The van der Waals surface area contributed by atoms with E-state index in [1.807, 2.05) is 31.2 Å². The molecule has 18 heavy (non-hydrogen) atoms. The molecule has 0 radical (unpaired) electrons. The first-order chi connectivity index (χ1) is 8.76.